The summed E-state index contributed by atoms with van der Waals surface area (Å²) in [6.07, 6.45) is 1.75. The lowest BCUT2D eigenvalue weighted by atomic mass is 10.2. The van der Waals surface area contributed by atoms with Crippen LogP contribution < -0.4 is 10.2 Å². The molecule has 0 aliphatic carbocycles. The third-order valence-corrected chi connectivity index (χ3v) is 2.80. The van der Waals surface area contributed by atoms with Gasteiger partial charge in [0.25, 0.3) is 6.47 Å². The van der Waals surface area contributed by atoms with E-state index in [1.165, 1.54) is 5.69 Å². The molecule has 0 bridgehead atoms. The van der Waals surface area contributed by atoms with Crippen molar-refractivity contribution in [1.29, 1.82) is 0 Å². The Morgan fingerprint density at radius 2 is 2.05 bits per heavy atom. The number of nitrogens with zero attached hydrogens (tertiary/aromatic N) is 2. The largest absolute Gasteiger partial charge is 0.462 e. The molecule has 0 aromatic carbocycles. The molecule has 0 amide bonds. The Labute approximate surface area is 125 Å². The molecule has 0 spiro atoms. The van der Waals surface area contributed by atoms with Gasteiger partial charge in [-0.15, -0.1) is 0 Å². The Morgan fingerprint density at radius 1 is 1.40 bits per heavy atom. The zero-order chi connectivity index (χ0) is 15.0. The molecule has 1 N–H and O–H groups in total. The smallest absolute Gasteiger partial charge is 0.293 e. The zero-order valence-electron chi connectivity index (χ0n) is 12.2. The van der Waals surface area contributed by atoms with Gasteiger partial charge in [0.2, 0.25) is 0 Å². The van der Waals surface area contributed by atoms with Crippen molar-refractivity contribution in [3.8, 4) is 0 Å². The average molecular weight is 300 g/mol. The highest BCUT2D eigenvalue weighted by Crippen LogP contribution is 2.17. The van der Waals surface area contributed by atoms with Crippen LogP contribution in [0.25, 0.3) is 0 Å². The van der Waals surface area contributed by atoms with E-state index < -0.39 is 0 Å². The minimum Gasteiger partial charge on any atom is -0.462 e. The van der Waals surface area contributed by atoms with Gasteiger partial charge in [-0.3, -0.25) is 4.79 Å². The van der Waals surface area contributed by atoms with E-state index in [9.17, 15) is 4.79 Å². The molecule has 1 aromatic heterocycles. The molecule has 5 nitrogen and oxygen atoms in total. The lowest BCUT2D eigenvalue weighted by Crippen LogP contribution is -2.43. The second kappa shape index (κ2) is 8.07. The number of rotatable bonds is 2. The van der Waals surface area contributed by atoms with E-state index in [0.717, 1.165) is 26.2 Å². The SMILES string of the molecule is CC(C)(C)OC=O.Clc1cc(N2CCNCC2)ccn1. The van der Waals surface area contributed by atoms with E-state index in [4.69, 9.17) is 11.6 Å². The molecule has 0 atom stereocenters. The molecule has 1 aliphatic heterocycles. The lowest BCUT2D eigenvalue weighted by Gasteiger charge is -2.29. The fourth-order valence-corrected chi connectivity index (χ4v) is 1.82. The van der Waals surface area contributed by atoms with E-state index in [1.54, 1.807) is 6.20 Å². The summed E-state index contributed by atoms with van der Waals surface area (Å²) in [4.78, 5) is 15.9. The molecule has 6 heteroatoms. The van der Waals surface area contributed by atoms with Gasteiger partial charge in [-0.2, -0.15) is 0 Å². The summed E-state index contributed by atoms with van der Waals surface area (Å²) in [5.41, 5.74) is 0.850. The number of aromatic nitrogens is 1. The summed E-state index contributed by atoms with van der Waals surface area (Å²) < 4.78 is 4.55. The number of pyridine rings is 1. The Hall–Kier alpha value is -1.33. The zero-order valence-corrected chi connectivity index (χ0v) is 13.0. The van der Waals surface area contributed by atoms with Crippen LogP contribution in [0.2, 0.25) is 5.15 Å². The van der Waals surface area contributed by atoms with E-state index in [0.29, 0.717) is 11.6 Å². The molecule has 2 heterocycles. The number of hydrogen-bond acceptors (Lipinski definition) is 5. The van der Waals surface area contributed by atoms with Crippen LogP contribution in [0.4, 0.5) is 5.69 Å². The van der Waals surface area contributed by atoms with Crippen molar-refractivity contribution >= 4 is 23.8 Å². The van der Waals surface area contributed by atoms with Crippen LogP contribution in [0.3, 0.4) is 0 Å². The van der Waals surface area contributed by atoms with Crippen LogP contribution in [-0.2, 0) is 9.53 Å². The first-order valence-corrected chi connectivity index (χ1v) is 6.99. The van der Waals surface area contributed by atoms with Crippen LogP contribution in [0.5, 0.6) is 0 Å². The van der Waals surface area contributed by atoms with Gasteiger partial charge in [-0.25, -0.2) is 4.98 Å². The highest BCUT2D eigenvalue weighted by molar-refractivity contribution is 6.29. The number of carbonyl (C=O) groups is 1. The molecule has 2 rings (SSSR count). The molecule has 112 valence electrons. The summed E-state index contributed by atoms with van der Waals surface area (Å²) in [6.45, 7) is 10.1. The summed E-state index contributed by atoms with van der Waals surface area (Å²) in [7, 11) is 0. The second-order valence-corrected chi connectivity index (χ2v) is 5.79. The molecule has 1 saturated heterocycles. The molecule has 0 radical (unpaired) electrons. The molecule has 0 unspecified atom stereocenters. The van der Waals surface area contributed by atoms with Crippen LogP contribution >= 0.6 is 11.6 Å². The summed E-state index contributed by atoms with van der Waals surface area (Å²) in [5.74, 6) is 0. The molecular formula is C14H22ClN3O2. The topological polar surface area (TPSA) is 54.5 Å². The van der Waals surface area contributed by atoms with E-state index in [2.05, 4.69) is 19.9 Å². The average Bonchev–Trinajstić information content (AvgIpc) is 2.39. The van der Waals surface area contributed by atoms with Crippen LogP contribution in [0.15, 0.2) is 18.3 Å². The van der Waals surface area contributed by atoms with Crippen molar-refractivity contribution in [2.45, 2.75) is 26.4 Å². The van der Waals surface area contributed by atoms with Crippen molar-refractivity contribution in [3.05, 3.63) is 23.5 Å². The monoisotopic (exact) mass is 299 g/mol. The van der Waals surface area contributed by atoms with Gasteiger partial charge in [-0.1, -0.05) is 11.6 Å². The van der Waals surface area contributed by atoms with E-state index >= 15 is 0 Å². The number of ether oxygens (including phenoxy) is 1. The number of nitrogens with one attached hydrogen (secondary N) is 1. The second-order valence-electron chi connectivity index (χ2n) is 5.40. The highest BCUT2D eigenvalue weighted by Gasteiger charge is 2.10. The predicted octanol–water partition coefficient (Wildman–Crippen LogP) is 2.10. The van der Waals surface area contributed by atoms with Gasteiger partial charge in [-0.05, 0) is 32.9 Å². The molecule has 1 aliphatic rings. The van der Waals surface area contributed by atoms with Crippen molar-refractivity contribution in [2.75, 3.05) is 31.1 Å². The number of piperazine rings is 1. The molecule has 20 heavy (non-hydrogen) atoms. The van der Waals surface area contributed by atoms with Gasteiger partial charge in [0.1, 0.15) is 10.8 Å². The molecule has 1 fully saturated rings. The van der Waals surface area contributed by atoms with Crippen molar-refractivity contribution < 1.29 is 9.53 Å². The summed E-state index contributed by atoms with van der Waals surface area (Å²) >= 11 is 5.81. The van der Waals surface area contributed by atoms with Crippen molar-refractivity contribution in [2.24, 2.45) is 0 Å². The number of hydrogen-bond donors (Lipinski definition) is 1. The van der Waals surface area contributed by atoms with Crippen molar-refractivity contribution in [1.82, 2.24) is 10.3 Å². The Morgan fingerprint density at radius 3 is 2.50 bits per heavy atom. The van der Waals surface area contributed by atoms with Crippen LogP contribution in [0, 0.1) is 0 Å². The van der Waals surface area contributed by atoms with Crippen molar-refractivity contribution in [3.63, 3.8) is 0 Å². The maximum absolute atomic E-state index is 9.60. The van der Waals surface area contributed by atoms with E-state index in [-0.39, 0.29) is 5.60 Å². The Bertz CT molecular complexity index is 415. The lowest BCUT2D eigenvalue weighted by molar-refractivity contribution is -0.138. The summed E-state index contributed by atoms with van der Waals surface area (Å²) in [5, 5.41) is 3.87. The standard InChI is InChI=1S/C9H12ClN3.C5H10O2/c10-9-7-8(1-2-12-9)13-5-3-11-4-6-13;1-5(2,3)7-4-6/h1-2,7,11H,3-6H2;4H,1-3H3. The number of anilines is 1. The Kier molecular flexibility index (Phi) is 6.75. The van der Waals surface area contributed by atoms with Crippen LogP contribution in [0.1, 0.15) is 20.8 Å². The fraction of sp³-hybridized carbons (Fsp3) is 0.571. The third kappa shape index (κ3) is 6.73. The third-order valence-electron chi connectivity index (χ3n) is 2.59. The minimum absolute atomic E-state index is 0.318. The van der Waals surface area contributed by atoms with Gasteiger partial charge in [0.15, 0.2) is 0 Å². The fourth-order valence-electron chi connectivity index (χ4n) is 1.66. The van der Waals surface area contributed by atoms with E-state index in [1.807, 2.05) is 32.9 Å². The van der Waals surface area contributed by atoms with Gasteiger partial charge < -0.3 is 15.0 Å². The first kappa shape index (κ1) is 16.7. The number of halogens is 1. The van der Waals surface area contributed by atoms with Gasteiger partial charge >= 0.3 is 0 Å². The van der Waals surface area contributed by atoms with Gasteiger partial charge in [0.05, 0.1) is 0 Å². The Balaban J connectivity index is 0.000000246. The quantitative estimate of drug-likeness (QED) is 0.669. The highest BCUT2D eigenvalue weighted by atomic mass is 35.5. The molecular weight excluding hydrogens is 278 g/mol. The van der Waals surface area contributed by atoms with Gasteiger partial charge in [0, 0.05) is 38.1 Å². The maximum atomic E-state index is 9.60. The molecule has 1 aromatic rings. The summed E-state index contributed by atoms with van der Waals surface area (Å²) in [6, 6.07) is 3.91. The predicted molar refractivity (Wildman–Crippen MR) is 81.2 cm³/mol. The normalized spacial score (nSPS) is 15.1. The molecule has 0 saturated carbocycles. The maximum Gasteiger partial charge on any atom is 0.293 e. The minimum atomic E-state index is -0.318. The van der Waals surface area contributed by atoms with Crippen LogP contribution in [-0.4, -0.2) is 43.2 Å². The first-order valence-electron chi connectivity index (χ1n) is 6.61. The first-order chi connectivity index (χ1) is 9.42. The number of carbonyl (C=O) groups excluding carboxylic acids is 1.